The molecule has 0 fully saturated rings. The zero-order valence-electron chi connectivity index (χ0n) is 19.8. The van der Waals surface area contributed by atoms with Gasteiger partial charge in [-0.25, -0.2) is 0 Å². The van der Waals surface area contributed by atoms with Crippen molar-refractivity contribution in [3.63, 3.8) is 0 Å². The van der Waals surface area contributed by atoms with Crippen molar-refractivity contribution < 1.29 is 0 Å². The van der Waals surface area contributed by atoms with E-state index in [4.69, 9.17) is 4.98 Å². The van der Waals surface area contributed by atoms with Gasteiger partial charge in [-0.1, -0.05) is 83.9 Å². The number of rotatable bonds is 4. The Hall–Kier alpha value is -4.01. The lowest BCUT2D eigenvalue weighted by atomic mass is 9.93. The summed E-state index contributed by atoms with van der Waals surface area (Å²) in [4.78, 5) is 6.06. The summed E-state index contributed by atoms with van der Waals surface area (Å²) in [7, 11) is 0. The van der Waals surface area contributed by atoms with Crippen molar-refractivity contribution in [2.75, 3.05) is 0 Å². The van der Waals surface area contributed by atoms with Crippen molar-refractivity contribution >= 4 is 21.4 Å². The highest BCUT2D eigenvalue weighted by atomic mass is 32.1. The molecule has 2 aromatic heterocycles. The van der Waals surface area contributed by atoms with E-state index in [0.717, 1.165) is 11.3 Å². The second-order valence-electron chi connectivity index (χ2n) is 9.11. The Morgan fingerprint density at radius 3 is 1.60 bits per heavy atom. The fourth-order valence-corrected chi connectivity index (χ4v) is 5.48. The summed E-state index contributed by atoms with van der Waals surface area (Å²) in [6.45, 7) is 4.25. The highest BCUT2D eigenvalue weighted by molar-refractivity contribution is 7.22. The van der Waals surface area contributed by atoms with Crippen LogP contribution in [-0.4, -0.2) is 4.98 Å². The fraction of sp³-hybridized carbons (Fsp3) is 0.0606. The van der Waals surface area contributed by atoms with Gasteiger partial charge in [-0.3, -0.25) is 4.98 Å². The van der Waals surface area contributed by atoms with E-state index >= 15 is 0 Å². The van der Waals surface area contributed by atoms with Gasteiger partial charge < -0.3 is 0 Å². The number of aryl methyl sites for hydroxylation is 2. The van der Waals surface area contributed by atoms with Crippen LogP contribution in [-0.2, 0) is 0 Å². The number of fused-ring (bicyclic) bond motifs is 1. The molecule has 2 heterocycles. The number of nitrogens with zero attached hydrogens (tertiary/aromatic N) is 1. The molecule has 0 aliphatic carbocycles. The van der Waals surface area contributed by atoms with Gasteiger partial charge in [0.1, 0.15) is 0 Å². The van der Waals surface area contributed by atoms with Gasteiger partial charge in [0.2, 0.25) is 0 Å². The zero-order chi connectivity index (χ0) is 23.8. The van der Waals surface area contributed by atoms with Crippen LogP contribution in [0.5, 0.6) is 0 Å². The van der Waals surface area contributed by atoms with Crippen LogP contribution in [0.2, 0.25) is 0 Å². The number of thiophene rings is 1. The van der Waals surface area contributed by atoms with Crippen LogP contribution in [0.1, 0.15) is 11.1 Å². The molecule has 0 spiro atoms. The van der Waals surface area contributed by atoms with Crippen molar-refractivity contribution in [3.05, 3.63) is 127 Å². The molecule has 6 rings (SSSR count). The molecule has 1 nitrogen and oxygen atoms in total. The van der Waals surface area contributed by atoms with E-state index < -0.39 is 0 Å². The number of hydrogen-bond acceptors (Lipinski definition) is 2. The first-order chi connectivity index (χ1) is 17.1. The van der Waals surface area contributed by atoms with Gasteiger partial charge in [0.25, 0.3) is 0 Å². The molecule has 0 N–H and O–H groups in total. The molecule has 4 aromatic carbocycles. The summed E-state index contributed by atoms with van der Waals surface area (Å²) in [6, 6.07) is 39.4. The van der Waals surface area contributed by atoms with Crippen molar-refractivity contribution in [1.82, 2.24) is 4.98 Å². The second-order valence-corrected chi connectivity index (χ2v) is 10.2. The average Bonchev–Trinajstić information content (AvgIpc) is 3.34. The maximum atomic E-state index is 4.86. The van der Waals surface area contributed by atoms with Gasteiger partial charge in [-0.05, 0) is 83.4 Å². The smallest absolute Gasteiger partial charge is 0.0802 e. The Morgan fingerprint density at radius 1 is 0.514 bits per heavy atom. The molecule has 0 bridgehead atoms. The minimum absolute atomic E-state index is 1.02. The number of hydrogen-bond donors (Lipinski definition) is 0. The van der Waals surface area contributed by atoms with Gasteiger partial charge in [0, 0.05) is 16.5 Å². The van der Waals surface area contributed by atoms with Gasteiger partial charge in [-0.2, -0.15) is 0 Å². The van der Waals surface area contributed by atoms with Gasteiger partial charge in [0.05, 0.1) is 10.6 Å². The van der Waals surface area contributed by atoms with Gasteiger partial charge in [-0.15, -0.1) is 11.3 Å². The summed E-state index contributed by atoms with van der Waals surface area (Å²) in [5, 5.41) is 1.27. The zero-order valence-corrected chi connectivity index (χ0v) is 20.6. The van der Waals surface area contributed by atoms with Crippen LogP contribution in [0.3, 0.4) is 0 Å². The van der Waals surface area contributed by atoms with E-state index in [-0.39, 0.29) is 0 Å². The third kappa shape index (κ3) is 4.41. The molecule has 0 saturated carbocycles. The molecule has 0 saturated heterocycles. The molecular formula is C33H25NS. The number of aromatic nitrogens is 1. The van der Waals surface area contributed by atoms with E-state index in [0.29, 0.717) is 0 Å². The maximum absolute atomic E-state index is 4.86. The largest absolute Gasteiger partial charge is 0.255 e. The Balaban J connectivity index is 1.43. The second kappa shape index (κ2) is 8.98. The first-order valence-electron chi connectivity index (χ1n) is 11.9. The van der Waals surface area contributed by atoms with E-state index in [1.807, 2.05) is 6.20 Å². The first kappa shape index (κ1) is 21.5. The van der Waals surface area contributed by atoms with Crippen LogP contribution in [0.15, 0.2) is 115 Å². The Labute approximate surface area is 210 Å². The Kier molecular flexibility index (Phi) is 5.52. The molecular weight excluding hydrogens is 442 g/mol. The number of pyridine rings is 1. The average molecular weight is 468 g/mol. The molecule has 0 unspecified atom stereocenters. The molecule has 0 amide bonds. The summed E-state index contributed by atoms with van der Waals surface area (Å²) < 4.78 is 1.29. The molecule has 0 aliphatic rings. The summed E-state index contributed by atoms with van der Waals surface area (Å²) in [6.07, 6.45) is 2.01. The standard InChI is InChI=1S/C33H25NS/c1-22-7-11-24(12-8-22)28-17-29(25-13-9-23(2)10-14-25)19-30(18-28)27-15-16-31(34-21-27)33-20-26-5-3-4-6-32(26)35-33/h3-21H,1-2H3. The Bertz CT molecular complexity index is 1530. The van der Waals surface area contributed by atoms with Gasteiger partial charge >= 0.3 is 0 Å². The van der Waals surface area contributed by atoms with Crippen LogP contribution in [0.25, 0.3) is 54.0 Å². The van der Waals surface area contributed by atoms with Crippen LogP contribution < -0.4 is 0 Å². The summed E-state index contributed by atoms with van der Waals surface area (Å²) >= 11 is 1.79. The topological polar surface area (TPSA) is 12.9 Å². The maximum Gasteiger partial charge on any atom is 0.0802 e. The molecule has 168 valence electrons. The lowest BCUT2D eigenvalue weighted by molar-refractivity contribution is 1.34. The third-order valence-electron chi connectivity index (χ3n) is 6.48. The lowest BCUT2D eigenvalue weighted by Gasteiger charge is -2.12. The summed E-state index contributed by atoms with van der Waals surface area (Å²) in [5.74, 6) is 0. The minimum atomic E-state index is 1.02. The molecule has 6 aromatic rings. The molecule has 2 heteroatoms. The highest BCUT2D eigenvalue weighted by Crippen LogP contribution is 2.35. The van der Waals surface area contributed by atoms with E-state index in [1.165, 1.54) is 53.9 Å². The van der Waals surface area contributed by atoms with Crippen molar-refractivity contribution in [2.24, 2.45) is 0 Å². The Morgan fingerprint density at radius 2 is 1.06 bits per heavy atom. The van der Waals surface area contributed by atoms with Crippen molar-refractivity contribution in [1.29, 1.82) is 0 Å². The molecule has 35 heavy (non-hydrogen) atoms. The SMILES string of the molecule is Cc1ccc(-c2cc(-c3ccc(C)cc3)cc(-c3ccc(-c4cc5ccccc5s4)nc3)c2)cc1. The molecule has 0 aliphatic heterocycles. The fourth-order valence-electron chi connectivity index (χ4n) is 4.44. The predicted molar refractivity (Wildman–Crippen MR) is 151 cm³/mol. The quantitative estimate of drug-likeness (QED) is 0.251. The van der Waals surface area contributed by atoms with Crippen LogP contribution in [0.4, 0.5) is 0 Å². The number of benzene rings is 4. The van der Waals surface area contributed by atoms with Crippen LogP contribution in [0, 0.1) is 13.8 Å². The van der Waals surface area contributed by atoms with E-state index in [1.54, 1.807) is 11.3 Å². The van der Waals surface area contributed by atoms with Crippen molar-refractivity contribution in [3.8, 4) is 44.0 Å². The molecule has 0 radical (unpaired) electrons. The normalized spacial score (nSPS) is 11.1. The first-order valence-corrected chi connectivity index (χ1v) is 12.7. The monoisotopic (exact) mass is 467 g/mol. The van der Waals surface area contributed by atoms with Gasteiger partial charge in [0.15, 0.2) is 0 Å². The summed E-state index contributed by atoms with van der Waals surface area (Å²) in [5.41, 5.74) is 10.7. The highest BCUT2D eigenvalue weighted by Gasteiger charge is 2.10. The molecule has 0 atom stereocenters. The van der Waals surface area contributed by atoms with E-state index in [2.05, 4.69) is 123 Å². The third-order valence-corrected chi connectivity index (χ3v) is 7.62. The lowest BCUT2D eigenvalue weighted by Crippen LogP contribution is -1.88. The van der Waals surface area contributed by atoms with Crippen LogP contribution >= 0.6 is 11.3 Å². The van der Waals surface area contributed by atoms with E-state index in [9.17, 15) is 0 Å². The minimum Gasteiger partial charge on any atom is -0.255 e. The van der Waals surface area contributed by atoms with Crippen molar-refractivity contribution in [2.45, 2.75) is 13.8 Å². The predicted octanol–water partition coefficient (Wildman–Crippen LogP) is 9.58.